The van der Waals surface area contributed by atoms with Gasteiger partial charge >= 0.3 is 0 Å². The molecule has 1 aliphatic rings. The summed E-state index contributed by atoms with van der Waals surface area (Å²) in [6, 6.07) is 0. The highest BCUT2D eigenvalue weighted by Crippen LogP contribution is 2.23. The van der Waals surface area contributed by atoms with Crippen molar-refractivity contribution in [3.05, 3.63) is 11.6 Å². The third-order valence-corrected chi connectivity index (χ3v) is 4.75. The Balaban J connectivity index is 1.99. The first-order valence-electron chi connectivity index (χ1n) is 9.38. The minimum Gasteiger partial charge on any atom is -0.385 e. The zero-order valence-corrected chi connectivity index (χ0v) is 16.5. The van der Waals surface area contributed by atoms with Gasteiger partial charge < -0.3 is 19.5 Å². The number of guanidine groups is 1. The van der Waals surface area contributed by atoms with Gasteiger partial charge in [-0.3, -0.25) is 0 Å². The monoisotopic (exact) mass is 350 g/mol. The van der Waals surface area contributed by atoms with Crippen LogP contribution in [0.5, 0.6) is 0 Å². The van der Waals surface area contributed by atoms with Crippen molar-refractivity contribution in [1.29, 1.82) is 0 Å². The van der Waals surface area contributed by atoms with Crippen molar-refractivity contribution in [2.75, 3.05) is 33.4 Å². The number of aryl methyl sites for hydroxylation is 1. The fourth-order valence-corrected chi connectivity index (χ4v) is 3.30. The van der Waals surface area contributed by atoms with Crippen LogP contribution in [0, 0.1) is 18.8 Å². The van der Waals surface area contributed by atoms with Crippen LogP contribution >= 0.6 is 0 Å². The van der Waals surface area contributed by atoms with Crippen molar-refractivity contribution in [3.8, 4) is 0 Å². The van der Waals surface area contributed by atoms with Crippen LogP contribution in [0.2, 0.25) is 0 Å². The third kappa shape index (κ3) is 5.99. The predicted molar refractivity (Wildman–Crippen MR) is 101 cm³/mol. The summed E-state index contributed by atoms with van der Waals surface area (Å²) < 4.78 is 7.14. The largest absolute Gasteiger partial charge is 0.385 e. The molecular weight excluding hydrogens is 316 g/mol. The maximum absolute atomic E-state index is 5.14. The summed E-state index contributed by atoms with van der Waals surface area (Å²) in [5.74, 6) is 4.32. The number of methoxy groups -OCH3 is 1. The molecule has 142 valence electrons. The van der Waals surface area contributed by atoms with E-state index in [9.17, 15) is 0 Å². The number of rotatable bonds is 8. The summed E-state index contributed by atoms with van der Waals surface area (Å²) in [6.45, 7) is 10.9. The van der Waals surface area contributed by atoms with Crippen molar-refractivity contribution in [2.24, 2.45) is 23.9 Å². The fourth-order valence-electron chi connectivity index (χ4n) is 3.30. The molecule has 7 nitrogen and oxygen atoms in total. The minimum atomic E-state index is 0.551. The van der Waals surface area contributed by atoms with Crippen molar-refractivity contribution in [2.45, 2.75) is 46.6 Å². The van der Waals surface area contributed by atoms with Gasteiger partial charge in [0.05, 0.1) is 0 Å². The van der Waals surface area contributed by atoms with Crippen LogP contribution in [0.4, 0.5) is 0 Å². The normalized spacial score (nSPS) is 18.4. The molecule has 1 N–H and O–H groups in total. The molecule has 0 aromatic carbocycles. The molecule has 25 heavy (non-hydrogen) atoms. The Morgan fingerprint density at radius 1 is 1.40 bits per heavy atom. The minimum absolute atomic E-state index is 0.551. The molecule has 0 saturated carbocycles. The van der Waals surface area contributed by atoms with E-state index in [0.717, 1.165) is 62.1 Å². The Labute approximate surface area is 151 Å². The second-order valence-electron chi connectivity index (χ2n) is 7.37. The number of hydrogen-bond acceptors (Lipinski definition) is 4. The summed E-state index contributed by atoms with van der Waals surface area (Å²) in [5.41, 5.74) is 0. The molecule has 0 bridgehead atoms. The summed E-state index contributed by atoms with van der Waals surface area (Å²) in [7, 11) is 3.72. The second kappa shape index (κ2) is 9.75. The molecule has 1 unspecified atom stereocenters. The Hall–Kier alpha value is -1.63. The van der Waals surface area contributed by atoms with E-state index in [4.69, 9.17) is 9.73 Å². The summed E-state index contributed by atoms with van der Waals surface area (Å²) in [5, 5.41) is 11.8. The van der Waals surface area contributed by atoms with Gasteiger partial charge in [0.1, 0.15) is 12.4 Å². The Kier molecular flexibility index (Phi) is 7.68. The zero-order valence-electron chi connectivity index (χ0n) is 16.5. The summed E-state index contributed by atoms with van der Waals surface area (Å²) in [6.07, 6.45) is 3.51. The van der Waals surface area contributed by atoms with Gasteiger partial charge in [0.15, 0.2) is 11.8 Å². The lowest BCUT2D eigenvalue weighted by molar-refractivity contribution is 0.195. The number of hydrogen-bond donors (Lipinski definition) is 1. The van der Waals surface area contributed by atoms with E-state index in [1.165, 1.54) is 12.8 Å². The highest BCUT2D eigenvalue weighted by molar-refractivity contribution is 5.80. The maximum atomic E-state index is 5.14. The molecule has 1 saturated heterocycles. The number of likely N-dealkylation sites (tertiary alicyclic amines) is 1. The Morgan fingerprint density at radius 2 is 2.20 bits per heavy atom. The van der Waals surface area contributed by atoms with Gasteiger partial charge in [-0.25, -0.2) is 4.99 Å². The summed E-state index contributed by atoms with van der Waals surface area (Å²) >= 11 is 0. The van der Waals surface area contributed by atoms with E-state index in [2.05, 4.69) is 34.3 Å². The molecular formula is C18H34N6O. The average molecular weight is 351 g/mol. The number of aromatic nitrogens is 3. The average Bonchev–Trinajstić information content (AvgIpc) is 3.15. The first kappa shape index (κ1) is 19.7. The molecule has 0 amide bonds. The highest BCUT2D eigenvalue weighted by Gasteiger charge is 2.25. The SMILES string of the molecule is COCCCNC(=NCc1nnc(C)n1C)N1CCC(CC(C)C)C1. The van der Waals surface area contributed by atoms with Gasteiger partial charge in [-0.15, -0.1) is 10.2 Å². The van der Waals surface area contributed by atoms with E-state index in [1.54, 1.807) is 7.11 Å². The lowest BCUT2D eigenvalue weighted by Crippen LogP contribution is -2.41. The smallest absolute Gasteiger partial charge is 0.194 e. The molecule has 1 aromatic rings. The van der Waals surface area contributed by atoms with Gasteiger partial charge in [-0.05, 0) is 38.0 Å². The topological polar surface area (TPSA) is 67.6 Å². The van der Waals surface area contributed by atoms with Crippen LogP contribution < -0.4 is 5.32 Å². The molecule has 7 heteroatoms. The lowest BCUT2D eigenvalue weighted by atomic mass is 9.97. The molecule has 2 rings (SSSR count). The Bertz CT molecular complexity index is 554. The number of nitrogens with zero attached hydrogens (tertiary/aromatic N) is 5. The van der Waals surface area contributed by atoms with E-state index in [1.807, 2.05) is 18.5 Å². The Morgan fingerprint density at radius 3 is 2.84 bits per heavy atom. The van der Waals surface area contributed by atoms with E-state index in [-0.39, 0.29) is 0 Å². The molecule has 0 aliphatic carbocycles. The third-order valence-electron chi connectivity index (χ3n) is 4.75. The van der Waals surface area contributed by atoms with Crippen LogP contribution in [-0.2, 0) is 18.3 Å². The standard InChI is InChI=1S/C18H34N6O/c1-14(2)11-16-7-9-24(13-16)18(19-8-6-10-25-5)20-12-17-22-21-15(3)23(17)4/h14,16H,6-13H2,1-5H3,(H,19,20). The molecule has 1 aliphatic heterocycles. The maximum Gasteiger partial charge on any atom is 0.194 e. The first-order chi connectivity index (χ1) is 12.0. The van der Waals surface area contributed by atoms with Gasteiger partial charge in [0.2, 0.25) is 0 Å². The fraction of sp³-hybridized carbons (Fsp3) is 0.833. The lowest BCUT2D eigenvalue weighted by Gasteiger charge is -2.22. The molecule has 2 heterocycles. The first-order valence-corrected chi connectivity index (χ1v) is 9.38. The van der Waals surface area contributed by atoms with Crippen LogP contribution in [0.1, 0.15) is 44.8 Å². The van der Waals surface area contributed by atoms with Gasteiger partial charge in [-0.2, -0.15) is 0 Å². The number of nitrogens with one attached hydrogen (secondary N) is 1. The van der Waals surface area contributed by atoms with Crippen molar-refractivity contribution in [1.82, 2.24) is 25.0 Å². The van der Waals surface area contributed by atoms with Crippen molar-refractivity contribution >= 4 is 5.96 Å². The van der Waals surface area contributed by atoms with E-state index >= 15 is 0 Å². The second-order valence-corrected chi connectivity index (χ2v) is 7.37. The van der Waals surface area contributed by atoms with E-state index < -0.39 is 0 Å². The van der Waals surface area contributed by atoms with Crippen LogP contribution in [0.15, 0.2) is 4.99 Å². The molecule has 0 radical (unpaired) electrons. The van der Waals surface area contributed by atoms with Crippen molar-refractivity contribution in [3.63, 3.8) is 0 Å². The van der Waals surface area contributed by atoms with Gasteiger partial charge in [0, 0.05) is 40.4 Å². The van der Waals surface area contributed by atoms with E-state index in [0.29, 0.717) is 6.54 Å². The van der Waals surface area contributed by atoms with Gasteiger partial charge in [-0.1, -0.05) is 13.8 Å². The van der Waals surface area contributed by atoms with Crippen LogP contribution in [-0.4, -0.2) is 59.0 Å². The quantitative estimate of drug-likeness (QED) is 0.441. The molecule has 1 aromatic heterocycles. The van der Waals surface area contributed by atoms with Crippen LogP contribution in [0.3, 0.4) is 0 Å². The zero-order chi connectivity index (χ0) is 18.2. The van der Waals surface area contributed by atoms with Gasteiger partial charge in [0.25, 0.3) is 0 Å². The van der Waals surface area contributed by atoms with Crippen LogP contribution in [0.25, 0.3) is 0 Å². The molecule has 1 atom stereocenters. The van der Waals surface area contributed by atoms with Crippen molar-refractivity contribution < 1.29 is 4.74 Å². The highest BCUT2D eigenvalue weighted by atomic mass is 16.5. The summed E-state index contributed by atoms with van der Waals surface area (Å²) in [4.78, 5) is 7.22. The number of aliphatic imine (C=N–C) groups is 1. The number of ether oxygens (including phenoxy) is 1. The predicted octanol–water partition coefficient (Wildman–Crippen LogP) is 1.97. The molecule has 0 spiro atoms. The molecule has 1 fully saturated rings.